The standard InChI is InChI=1S/C19H23N5O/c1-2-10-20-19-21-13-15(14-22-19)18(25)23-16-6-8-17(9-7-16)24-11-4-3-5-12-24/h2,6-9,13-14H,1,3-5,10-12H2,(H,23,25)(H,20,21,22). The summed E-state index contributed by atoms with van der Waals surface area (Å²) < 4.78 is 0. The van der Waals surface area contributed by atoms with Crippen LogP contribution >= 0.6 is 0 Å². The first kappa shape index (κ1) is 17.0. The molecule has 2 heterocycles. The first-order valence-corrected chi connectivity index (χ1v) is 8.59. The Bertz CT molecular complexity index is 706. The van der Waals surface area contributed by atoms with Gasteiger partial charge in [0.25, 0.3) is 5.91 Å². The molecular weight excluding hydrogens is 314 g/mol. The number of aromatic nitrogens is 2. The second kappa shape index (κ2) is 8.28. The smallest absolute Gasteiger partial charge is 0.258 e. The summed E-state index contributed by atoms with van der Waals surface area (Å²) in [6, 6.07) is 7.98. The molecule has 1 aliphatic rings. The molecular formula is C19H23N5O. The number of benzene rings is 1. The van der Waals surface area contributed by atoms with Crippen LogP contribution in [0.3, 0.4) is 0 Å². The number of carbonyl (C=O) groups excluding carboxylic acids is 1. The van der Waals surface area contributed by atoms with Gasteiger partial charge in [0, 0.05) is 43.4 Å². The van der Waals surface area contributed by atoms with Crippen LogP contribution in [0.1, 0.15) is 29.6 Å². The maximum atomic E-state index is 12.3. The van der Waals surface area contributed by atoms with Crippen LogP contribution in [0.4, 0.5) is 17.3 Å². The Morgan fingerprint density at radius 3 is 2.44 bits per heavy atom. The molecule has 25 heavy (non-hydrogen) atoms. The lowest BCUT2D eigenvalue weighted by molar-refractivity contribution is 0.102. The Kier molecular flexibility index (Phi) is 5.61. The van der Waals surface area contributed by atoms with E-state index in [4.69, 9.17) is 0 Å². The average molecular weight is 337 g/mol. The topological polar surface area (TPSA) is 70.2 Å². The van der Waals surface area contributed by atoms with E-state index in [9.17, 15) is 4.79 Å². The van der Waals surface area contributed by atoms with Gasteiger partial charge < -0.3 is 15.5 Å². The van der Waals surface area contributed by atoms with Gasteiger partial charge in [-0.1, -0.05) is 6.08 Å². The summed E-state index contributed by atoms with van der Waals surface area (Å²) in [5, 5.41) is 5.85. The summed E-state index contributed by atoms with van der Waals surface area (Å²) in [5.74, 6) is 0.253. The lowest BCUT2D eigenvalue weighted by atomic mass is 10.1. The minimum Gasteiger partial charge on any atom is -0.372 e. The molecule has 2 N–H and O–H groups in total. The average Bonchev–Trinajstić information content (AvgIpc) is 2.68. The number of hydrogen-bond acceptors (Lipinski definition) is 5. The quantitative estimate of drug-likeness (QED) is 0.791. The van der Waals surface area contributed by atoms with Crippen molar-refractivity contribution in [3.63, 3.8) is 0 Å². The van der Waals surface area contributed by atoms with Crippen molar-refractivity contribution < 1.29 is 4.79 Å². The normalized spacial score (nSPS) is 14.0. The van der Waals surface area contributed by atoms with Gasteiger partial charge in [0.2, 0.25) is 5.95 Å². The summed E-state index contributed by atoms with van der Waals surface area (Å²) in [6.45, 7) is 6.41. The van der Waals surface area contributed by atoms with Crippen molar-refractivity contribution in [3.8, 4) is 0 Å². The first-order chi connectivity index (χ1) is 12.3. The summed E-state index contributed by atoms with van der Waals surface area (Å²) in [5.41, 5.74) is 2.39. The van der Waals surface area contributed by atoms with Crippen molar-refractivity contribution in [2.45, 2.75) is 19.3 Å². The van der Waals surface area contributed by atoms with Crippen molar-refractivity contribution in [3.05, 3.63) is 54.9 Å². The highest BCUT2D eigenvalue weighted by Crippen LogP contribution is 2.22. The Morgan fingerprint density at radius 2 is 1.80 bits per heavy atom. The van der Waals surface area contributed by atoms with Gasteiger partial charge in [-0.3, -0.25) is 4.79 Å². The number of nitrogens with zero attached hydrogens (tertiary/aromatic N) is 3. The zero-order valence-corrected chi connectivity index (χ0v) is 14.2. The third-order valence-corrected chi connectivity index (χ3v) is 4.16. The van der Waals surface area contributed by atoms with E-state index in [1.54, 1.807) is 6.08 Å². The number of anilines is 3. The molecule has 0 radical (unpaired) electrons. The molecule has 1 aromatic heterocycles. The van der Waals surface area contributed by atoms with Crippen LogP contribution in [0.5, 0.6) is 0 Å². The minimum absolute atomic E-state index is 0.221. The predicted octanol–water partition coefficient (Wildman–Crippen LogP) is 3.32. The summed E-state index contributed by atoms with van der Waals surface area (Å²) >= 11 is 0. The second-order valence-electron chi connectivity index (χ2n) is 6.01. The van der Waals surface area contributed by atoms with Gasteiger partial charge in [-0.15, -0.1) is 6.58 Å². The highest BCUT2D eigenvalue weighted by Gasteiger charge is 2.11. The van der Waals surface area contributed by atoms with E-state index < -0.39 is 0 Å². The van der Waals surface area contributed by atoms with Crippen molar-refractivity contribution in [1.29, 1.82) is 0 Å². The van der Waals surface area contributed by atoms with E-state index in [0.717, 1.165) is 18.8 Å². The lowest BCUT2D eigenvalue weighted by Crippen LogP contribution is -2.29. The summed E-state index contributed by atoms with van der Waals surface area (Å²) in [4.78, 5) is 22.9. The van der Waals surface area contributed by atoms with Crippen molar-refractivity contribution in [2.75, 3.05) is 35.2 Å². The molecule has 1 amide bonds. The number of nitrogens with one attached hydrogen (secondary N) is 2. The monoisotopic (exact) mass is 337 g/mol. The van der Waals surface area contributed by atoms with Gasteiger partial charge in [0.05, 0.1) is 5.56 Å². The summed E-state index contributed by atoms with van der Waals surface area (Å²) in [7, 11) is 0. The van der Waals surface area contributed by atoms with Crippen LogP contribution in [0.25, 0.3) is 0 Å². The van der Waals surface area contributed by atoms with E-state index in [0.29, 0.717) is 18.1 Å². The predicted molar refractivity (Wildman–Crippen MR) is 101 cm³/mol. The molecule has 1 aliphatic heterocycles. The molecule has 6 nitrogen and oxygen atoms in total. The van der Waals surface area contributed by atoms with E-state index in [1.165, 1.54) is 37.3 Å². The maximum Gasteiger partial charge on any atom is 0.258 e. The van der Waals surface area contributed by atoms with Gasteiger partial charge >= 0.3 is 0 Å². The van der Waals surface area contributed by atoms with Crippen LogP contribution in [-0.4, -0.2) is 35.5 Å². The number of carbonyl (C=O) groups is 1. The molecule has 1 fully saturated rings. The van der Waals surface area contributed by atoms with E-state index in [1.807, 2.05) is 12.1 Å². The Morgan fingerprint density at radius 1 is 1.12 bits per heavy atom. The van der Waals surface area contributed by atoms with Gasteiger partial charge in [-0.05, 0) is 43.5 Å². The fraction of sp³-hybridized carbons (Fsp3) is 0.316. The van der Waals surface area contributed by atoms with Crippen LogP contribution in [0.15, 0.2) is 49.3 Å². The zero-order valence-electron chi connectivity index (χ0n) is 14.2. The molecule has 2 aromatic rings. The highest BCUT2D eigenvalue weighted by atomic mass is 16.1. The minimum atomic E-state index is -0.221. The van der Waals surface area contributed by atoms with Gasteiger partial charge in [-0.25, -0.2) is 9.97 Å². The largest absolute Gasteiger partial charge is 0.372 e. The van der Waals surface area contributed by atoms with Crippen LogP contribution in [0, 0.1) is 0 Å². The Balaban J connectivity index is 1.59. The summed E-state index contributed by atoms with van der Waals surface area (Å²) in [6.07, 6.45) is 8.55. The zero-order chi connectivity index (χ0) is 17.5. The van der Waals surface area contributed by atoms with Gasteiger partial charge in [-0.2, -0.15) is 0 Å². The molecule has 6 heteroatoms. The molecule has 0 saturated carbocycles. The number of piperidine rings is 1. The number of hydrogen-bond donors (Lipinski definition) is 2. The Hall–Kier alpha value is -2.89. The van der Waals surface area contributed by atoms with Crippen LogP contribution in [0.2, 0.25) is 0 Å². The van der Waals surface area contributed by atoms with Crippen molar-refractivity contribution in [1.82, 2.24) is 9.97 Å². The molecule has 0 bridgehead atoms. The fourth-order valence-electron chi connectivity index (χ4n) is 2.81. The molecule has 0 atom stereocenters. The molecule has 1 saturated heterocycles. The van der Waals surface area contributed by atoms with E-state index >= 15 is 0 Å². The van der Waals surface area contributed by atoms with Crippen LogP contribution < -0.4 is 15.5 Å². The molecule has 3 rings (SSSR count). The SMILES string of the molecule is C=CCNc1ncc(C(=O)Nc2ccc(N3CCCCC3)cc2)cn1. The van der Waals surface area contributed by atoms with Gasteiger partial charge in [0.1, 0.15) is 0 Å². The highest BCUT2D eigenvalue weighted by molar-refractivity contribution is 6.03. The fourth-order valence-corrected chi connectivity index (χ4v) is 2.81. The van der Waals surface area contributed by atoms with Crippen LogP contribution in [-0.2, 0) is 0 Å². The maximum absolute atomic E-state index is 12.3. The second-order valence-corrected chi connectivity index (χ2v) is 6.01. The van der Waals surface area contributed by atoms with E-state index in [2.05, 4.69) is 44.2 Å². The third kappa shape index (κ3) is 4.56. The van der Waals surface area contributed by atoms with Gasteiger partial charge in [0.15, 0.2) is 0 Å². The lowest BCUT2D eigenvalue weighted by Gasteiger charge is -2.28. The third-order valence-electron chi connectivity index (χ3n) is 4.16. The number of amides is 1. The molecule has 0 unspecified atom stereocenters. The van der Waals surface area contributed by atoms with Crippen molar-refractivity contribution in [2.24, 2.45) is 0 Å². The van der Waals surface area contributed by atoms with E-state index in [-0.39, 0.29) is 5.91 Å². The molecule has 0 aliphatic carbocycles. The number of rotatable bonds is 6. The first-order valence-electron chi connectivity index (χ1n) is 8.59. The molecule has 1 aromatic carbocycles. The Labute approximate surface area is 148 Å². The molecule has 130 valence electrons. The van der Waals surface area contributed by atoms with Crippen molar-refractivity contribution >= 4 is 23.2 Å². The molecule has 0 spiro atoms.